The van der Waals surface area contributed by atoms with E-state index in [1.54, 1.807) is 6.20 Å². The Labute approximate surface area is 112 Å². The number of rotatable bonds is 5. The van der Waals surface area contributed by atoms with Crippen molar-refractivity contribution in [1.29, 1.82) is 0 Å². The van der Waals surface area contributed by atoms with Gasteiger partial charge in [0.2, 0.25) is 0 Å². The van der Waals surface area contributed by atoms with Crippen LogP contribution in [0.3, 0.4) is 0 Å². The van der Waals surface area contributed by atoms with Crippen LogP contribution in [0.4, 0.5) is 0 Å². The largest absolute Gasteiger partial charge is 0.388 e. The van der Waals surface area contributed by atoms with Gasteiger partial charge in [0.1, 0.15) is 0 Å². The van der Waals surface area contributed by atoms with Crippen molar-refractivity contribution in [2.24, 2.45) is 0 Å². The Bertz CT molecular complexity index is 509. The molecule has 1 N–H and O–H groups in total. The van der Waals surface area contributed by atoms with Gasteiger partial charge < -0.3 is 5.11 Å². The minimum atomic E-state index is -0.420. The Morgan fingerprint density at radius 2 is 2.11 bits per heavy atom. The SMILES string of the molecule is CCC(C)SCC(O)c1cccc2ncccc12. The van der Waals surface area contributed by atoms with Crippen LogP contribution in [0.25, 0.3) is 10.9 Å². The zero-order valence-electron chi connectivity index (χ0n) is 10.8. The molecule has 0 aliphatic rings. The Morgan fingerprint density at radius 3 is 2.89 bits per heavy atom. The summed E-state index contributed by atoms with van der Waals surface area (Å²) in [6.07, 6.45) is 2.50. The second kappa shape index (κ2) is 6.21. The van der Waals surface area contributed by atoms with Gasteiger partial charge in [0, 0.05) is 22.6 Å². The summed E-state index contributed by atoms with van der Waals surface area (Å²) in [4.78, 5) is 4.32. The predicted octanol–water partition coefficient (Wildman–Crippen LogP) is 3.80. The molecule has 0 saturated heterocycles. The van der Waals surface area contributed by atoms with Gasteiger partial charge in [-0.15, -0.1) is 0 Å². The average molecular weight is 261 g/mol. The van der Waals surface area contributed by atoms with Crippen molar-refractivity contribution >= 4 is 22.7 Å². The third kappa shape index (κ3) is 3.03. The minimum Gasteiger partial charge on any atom is -0.388 e. The molecule has 1 heterocycles. The molecule has 2 unspecified atom stereocenters. The zero-order chi connectivity index (χ0) is 13.0. The lowest BCUT2D eigenvalue weighted by Gasteiger charge is -2.15. The topological polar surface area (TPSA) is 33.1 Å². The summed E-state index contributed by atoms with van der Waals surface area (Å²) in [6, 6.07) is 9.87. The third-order valence-corrected chi connectivity index (χ3v) is 4.56. The van der Waals surface area contributed by atoms with E-state index >= 15 is 0 Å². The monoisotopic (exact) mass is 261 g/mol. The normalized spacial score (nSPS) is 14.6. The fourth-order valence-electron chi connectivity index (χ4n) is 1.88. The highest BCUT2D eigenvalue weighted by Crippen LogP contribution is 2.27. The molecule has 2 nitrogen and oxygen atoms in total. The number of aliphatic hydroxyl groups excluding tert-OH is 1. The molecule has 18 heavy (non-hydrogen) atoms. The van der Waals surface area contributed by atoms with E-state index in [1.165, 1.54) is 0 Å². The molecule has 0 aliphatic heterocycles. The fraction of sp³-hybridized carbons (Fsp3) is 0.400. The highest BCUT2D eigenvalue weighted by Gasteiger charge is 2.12. The molecular weight excluding hydrogens is 242 g/mol. The molecule has 0 radical (unpaired) electrons. The van der Waals surface area contributed by atoms with Gasteiger partial charge in [-0.05, 0) is 24.1 Å². The van der Waals surface area contributed by atoms with Gasteiger partial charge in [-0.3, -0.25) is 4.98 Å². The maximum Gasteiger partial charge on any atom is 0.0887 e. The summed E-state index contributed by atoms with van der Waals surface area (Å²) in [5.41, 5.74) is 1.93. The number of nitrogens with zero attached hydrogens (tertiary/aromatic N) is 1. The van der Waals surface area contributed by atoms with Crippen molar-refractivity contribution in [2.75, 3.05) is 5.75 Å². The second-order valence-electron chi connectivity index (χ2n) is 4.49. The van der Waals surface area contributed by atoms with Gasteiger partial charge >= 0.3 is 0 Å². The van der Waals surface area contributed by atoms with Crippen LogP contribution in [-0.4, -0.2) is 21.1 Å². The number of thioether (sulfide) groups is 1. The van der Waals surface area contributed by atoms with Crippen LogP contribution in [0.5, 0.6) is 0 Å². The van der Waals surface area contributed by atoms with E-state index in [-0.39, 0.29) is 0 Å². The lowest BCUT2D eigenvalue weighted by atomic mass is 10.0. The van der Waals surface area contributed by atoms with Gasteiger partial charge in [0.25, 0.3) is 0 Å². The Kier molecular flexibility index (Phi) is 4.61. The minimum absolute atomic E-state index is 0.420. The summed E-state index contributed by atoms with van der Waals surface area (Å²) in [5.74, 6) is 0.739. The van der Waals surface area contributed by atoms with E-state index in [9.17, 15) is 5.11 Å². The predicted molar refractivity (Wildman–Crippen MR) is 78.9 cm³/mol. The van der Waals surface area contributed by atoms with E-state index in [0.717, 1.165) is 28.6 Å². The maximum absolute atomic E-state index is 10.3. The quantitative estimate of drug-likeness (QED) is 0.888. The first kappa shape index (κ1) is 13.4. The van der Waals surface area contributed by atoms with Crippen molar-refractivity contribution < 1.29 is 5.11 Å². The van der Waals surface area contributed by atoms with E-state index in [4.69, 9.17) is 0 Å². The van der Waals surface area contributed by atoms with Crippen LogP contribution in [-0.2, 0) is 0 Å². The zero-order valence-corrected chi connectivity index (χ0v) is 11.7. The van der Waals surface area contributed by atoms with Crippen LogP contribution < -0.4 is 0 Å². The van der Waals surface area contributed by atoms with Crippen LogP contribution in [0.1, 0.15) is 31.9 Å². The summed E-state index contributed by atoms with van der Waals surface area (Å²) in [7, 11) is 0. The number of pyridine rings is 1. The van der Waals surface area contributed by atoms with Gasteiger partial charge in [-0.2, -0.15) is 11.8 Å². The third-order valence-electron chi connectivity index (χ3n) is 3.15. The standard InChI is InChI=1S/C15H19NOS/c1-3-11(2)18-10-15(17)13-6-4-8-14-12(13)7-5-9-16-14/h4-9,11,15,17H,3,10H2,1-2H3. The van der Waals surface area contributed by atoms with Gasteiger partial charge in [0.15, 0.2) is 0 Å². The molecule has 96 valence electrons. The van der Waals surface area contributed by atoms with Crippen LogP contribution >= 0.6 is 11.8 Å². The lowest BCUT2D eigenvalue weighted by Crippen LogP contribution is -2.05. The highest BCUT2D eigenvalue weighted by molar-refractivity contribution is 7.99. The van der Waals surface area contributed by atoms with E-state index in [2.05, 4.69) is 18.8 Å². The number of benzene rings is 1. The fourth-order valence-corrected chi connectivity index (χ4v) is 2.81. The first-order valence-corrected chi connectivity index (χ1v) is 7.40. The van der Waals surface area contributed by atoms with Gasteiger partial charge in [-0.1, -0.05) is 32.0 Å². The molecule has 1 aromatic heterocycles. The molecule has 1 aromatic carbocycles. The number of aromatic nitrogens is 1. The molecule has 2 atom stereocenters. The first-order chi connectivity index (χ1) is 8.72. The molecule has 0 fully saturated rings. The number of hydrogen-bond acceptors (Lipinski definition) is 3. The number of hydrogen-bond donors (Lipinski definition) is 1. The highest BCUT2D eigenvalue weighted by atomic mass is 32.2. The molecular formula is C15H19NOS. The molecule has 3 heteroatoms. The van der Waals surface area contributed by atoms with Crippen LogP contribution in [0.15, 0.2) is 36.5 Å². The number of aliphatic hydroxyl groups is 1. The molecule has 0 bridgehead atoms. The van der Waals surface area contributed by atoms with Crippen LogP contribution in [0, 0.1) is 0 Å². The Hall–Kier alpha value is -1.06. The second-order valence-corrected chi connectivity index (χ2v) is 5.96. The first-order valence-electron chi connectivity index (χ1n) is 6.35. The van der Waals surface area contributed by atoms with Crippen molar-refractivity contribution in [2.45, 2.75) is 31.6 Å². The maximum atomic E-state index is 10.3. The van der Waals surface area contributed by atoms with E-state index in [1.807, 2.05) is 42.1 Å². The van der Waals surface area contributed by atoms with Gasteiger partial charge in [0.05, 0.1) is 11.6 Å². The molecule has 0 saturated carbocycles. The van der Waals surface area contributed by atoms with Crippen molar-refractivity contribution in [3.05, 3.63) is 42.1 Å². The Morgan fingerprint density at radius 1 is 1.28 bits per heavy atom. The summed E-state index contributed by atoms with van der Waals surface area (Å²) >= 11 is 1.82. The van der Waals surface area contributed by atoms with Gasteiger partial charge in [-0.25, -0.2) is 0 Å². The summed E-state index contributed by atoms with van der Waals surface area (Å²) in [5, 5.41) is 12.0. The van der Waals surface area contributed by atoms with E-state index in [0.29, 0.717) is 5.25 Å². The number of fused-ring (bicyclic) bond motifs is 1. The van der Waals surface area contributed by atoms with Crippen molar-refractivity contribution in [3.63, 3.8) is 0 Å². The molecule has 2 aromatic rings. The smallest absolute Gasteiger partial charge is 0.0887 e. The molecule has 0 amide bonds. The lowest BCUT2D eigenvalue weighted by molar-refractivity contribution is 0.205. The molecule has 0 spiro atoms. The average Bonchev–Trinajstić information content (AvgIpc) is 2.43. The summed E-state index contributed by atoms with van der Waals surface area (Å²) < 4.78 is 0. The molecule has 0 aliphatic carbocycles. The van der Waals surface area contributed by atoms with Crippen molar-refractivity contribution in [1.82, 2.24) is 4.98 Å². The van der Waals surface area contributed by atoms with Crippen LogP contribution in [0.2, 0.25) is 0 Å². The van der Waals surface area contributed by atoms with Crippen molar-refractivity contribution in [3.8, 4) is 0 Å². The molecule has 2 rings (SSSR count). The van der Waals surface area contributed by atoms with E-state index < -0.39 is 6.10 Å². The summed E-state index contributed by atoms with van der Waals surface area (Å²) in [6.45, 7) is 4.37. The Balaban J connectivity index is 2.19.